The van der Waals surface area contributed by atoms with Gasteiger partial charge in [0.25, 0.3) is 0 Å². The molecule has 6 atom stereocenters. The van der Waals surface area contributed by atoms with Gasteiger partial charge in [-0.05, 0) is 29.8 Å². The number of ketones is 1. The minimum absolute atomic E-state index is 0.00343. The van der Waals surface area contributed by atoms with Crippen LogP contribution in [0.1, 0.15) is 35.4 Å². The zero-order valence-electron chi connectivity index (χ0n) is 17.7. The maximum absolute atomic E-state index is 12.4. The molecule has 1 fully saturated rings. The summed E-state index contributed by atoms with van der Waals surface area (Å²) in [5.41, 5.74) is 1.11. The summed E-state index contributed by atoms with van der Waals surface area (Å²) in [6.07, 6.45) is -7.41. The lowest BCUT2D eigenvalue weighted by Crippen LogP contribution is -2.60. The van der Waals surface area contributed by atoms with E-state index in [0.717, 1.165) is 0 Å². The first-order chi connectivity index (χ1) is 15.7. The van der Waals surface area contributed by atoms with Crippen LogP contribution in [-0.4, -0.2) is 69.5 Å². The number of esters is 1. The van der Waals surface area contributed by atoms with Crippen molar-refractivity contribution in [3.63, 3.8) is 0 Å². The molecule has 0 saturated carbocycles. The third-order valence-corrected chi connectivity index (χ3v) is 5.53. The van der Waals surface area contributed by atoms with Gasteiger partial charge < -0.3 is 39.4 Å². The number of Topliss-reactive ketones (excluding diaryl/α,β-unsaturated/α-hetero) is 1. The Morgan fingerprint density at radius 1 is 1.06 bits per heavy atom. The quantitative estimate of drug-likeness (QED) is 0.473. The second-order valence-corrected chi connectivity index (χ2v) is 7.92. The fourth-order valence-electron chi connectivity index (χ4n) is 3.74. The van der Waals surface area contributed by atoms with Gasteiger partial charge in [-0.3, -0.25) is 9.59 Å². The Labute approximate surface area is 188 Å². The molecule has 0 aliphatic carbocycles. The van der Waals surface area contributed by atoms with Gasteiger partial charge in [0.15, 0.2) is 5.78 Å². The maximum Gasteiger partial charge on any atom is 0.302 e. The molecule has 2 heterocycles. The van der Waals surface area contributed by atoms with Crippen molar-refractivity contribution in [3.05, 3.63) is 53.6 Å². The van der Waals surface area contributed by atoms with Gasteiger partial charge in [0.05, 0.1) is 12.0 Å². The van der Waals surface area contributed by atoms with Crippen molar-refractivity contribution >= 4 is 11.8 Å². The molecule has 10 nitrogen and oxygen atoms in total. The Morgan fingerprint density at radius 2 is 1.79 bits per heavy atom. The number of rotatable bonds is 5. The van der Waals surface area contributed by atoms with E-state index in [9.17, 15) is 30.0 Å². The van der Waals surface area contributed by atoms with Gasteiger partial charge in [-0.1, -0.05) is 12.1 Å². The van der Waals surface area contributed by atoms with Crippen LogP contribution in [0, 0.1) is 0 Å². The molecule has 1 saturated heterocycles. The third-order valence-electron chi connectivity index (χ3n) is 5.53. The smallest absolute Gasteiger partial charge is 0.302 e. The zero-order valence-corrected chi connectivity index (χ0v) is 17.7. The Balaban J connectivity index is 1.44. The molecule has 4 rings (SSSR count). The highest BCUT2D eigenvalue weighted by molar-refractivity contribution is 6.00. The summed E-state index contributed by atoms with van der Waals surface area (Å²) >= 11 is 0. The summed E-state index contributed by atoms with van der Waals surface area (Å²) in [5.74, 6) is -0.0943. The monoisotopic (exact) mass is 460 g/mol. The molecule has 0 amide bonds. The van der Waals surface area contributed by atoms with E-state index in [4.69, 9.17) is 18.9 Å². The van der Waals surface area contributed by atoms with Gasteiger partial charge in [0.2, 0.25) is 6.29 Å². The summed E-state index contributed by atoms with van der Waals surface area (Å²) in [6, 6.07) is 10.9. The average molecular weight is 460 g/mol. The van der Waals surface area contributed by atoms with Crippen LogP contribution in [0.3, 0.4) is 0 Å². The topological polar surface area (TPSA) is 152 Å². The first-order valence-corrected chi connectivity index (χ1v) is 10.4. The molecule has 0 unspecified atom stereocenters. The second-order valence-electron chi connectivity index (χ2n) is 7.92. The average Bonchev–Trinajstić information content (AvgIpc) is 2.78. The van der Waals surface area contributed by atoms with Crippen LogP contribution >= 0.6 is 0 Å². The third kappa shape index (κ3) is 4.93. The van der Waals surface area contributed by atoms with Crippen LogP contribution in [0.25, 0.3) is 0 Å². The van der Waals surface area contributed by atoms with Crippen molar-refractivity contribution in [1.82, 2.24) is 0 Å². The van der Waals surface area contributed by atoms with E-state index in [1.54, 1.807) is 24.3 Å². The predicted octanol–water partition coefficient (Wildman–Crippen LogP) is 0.848. The number of phenolic OH excluding ortho intramolecular Hbond substituents is 1. The molecule has 0 aromatic heterocycles. The molecule has 2 aromatic carbocycles. The number of carbonyl (C=O) groups excluding carboxylic acids is 2. The highest BCUT2D eigenvalue weighted by Gasteiger charge is 2.45. The molecule has 2 aliphatic heterocycles. The van der Waals surface area contributed by atoms with Gasteiger partial charge in [-0.2, -0.15) is 0 Å². The van der Waals surface area contributed by atoms with E-state index < -0.39 is 42.8 Å². The summed E-state index contributed by atoms with van der Waals surface area (Å²) in [4.78, 5) is 23.5. The molecule has 2 aromatic rings. The second kappa shape index (κ2) is 9.36. The lowest BCUT2D eigenvalue weighted by molar-refractivity contribution is -0.278. The fraction of sp³-hybridized carbons (Fsp3) is 0.391. The number of hydrogen-bond donors (Lipinski definition) is 4. The Kier molecular flexibility index (Phi) is 6.52. The highest BCUT2D eigenvalue weighted by Crippen LogP contribution is 2.37. The maximum atomic E-state index is 12.4. The van der Waals surface area contributed by atoms with E-state index >= 15 is 0 Å². The van der Waals surface area contributed by atoms with Crippen molar-refractivity contribution in [2.75, 3.05) is 6.61 Å². The number of aliphatic hydroxyl groups excluding tert-OH is 3. The molecular formula is C23H24O10. The lowest BCUT2D eigenvalue weighted by atomic mass is 9.96. The lowest BCUT2D eigenvalue weighted by Gasteiger charge is -2.39. The van der Waals surface area contributed by atoms with Crippen LogP contribution in [0.5, 0.6) is 17.2 Å². The minimum atomic E-state index is -1.57. The van der Waals surface area contributed by atoms with Crippen molar-refractivity contribution in [2.45, 2.75) is 50.2 Å². The van der Waals surface area contributed by atoms with E-state index in [1.165, 1.54) is 25.1 Å². The highest BCUT2D eigenvalue weighted by atomic mass is 16.7. The van der Waals surface area contributed by atoms with E-state index in [0.29, 0.717) is 16.9 Å². The van der Waals surface area contributed by atoms with Gasteiger partial charge >= 0.3 is 5.97 Å². The summed E-state index contributed by atoms with van der Waals surface area (Å²) in [5, 5.41) is 40.0. The summed E-state index contributed by atoms with van der Waals surface area (Å²) < 4.78 is 21.8. The number of fused-ring (bicyclic) bond motifs is 1. The fourth-order valence-corrected chi connectivity index (χ4v) is 3.74. The SMILES string of the molecule is CC(=O)OC[C@H]1O[C@@H](Oc2ccc([C@@H]3CC(=O)c4ccc(O)cc4O3)cc2)[C@H](O)[C@@H](O)[C@H]1O. The summed E-state index contributed by atoms with van der Waals surface area (Å²) in [6.45, 7) is 0.879. The van der Waals surface area contributed by atoms with Crippen molar-refractivity contribution < 1.29 is 49.0 Å². The molecule has 176 valence electrons. The minimum Gasteiger partial charge on any atom is -0.508 e. The Hall–Kier alpha value is -3.18. The van der Waals surface area contributed by atoms with E-state index in [-0.39, 0.29) is 30.3 Å². The molecule has 33 heavy (non-hydrogen) atoms. The zero-order chi connectivity index (χ0) is 23.7. The van der Waals surface area contributed by atoms with Crippen molar-refractivity contribution in [2.24, 2.45) is 0 Å². The largest absolute Gasteiger partial charge is 0.508 e. The van der Waals surface area contributed by atoms with Crippen LogP contribution < -0.4 is 9.47 Å². The van der Waals surface area contributed by atoms with Crippen LogP contribution in [0.2, 0.25) is 0 Å². The van der Waals surface area contributed by atoms with Crippen molar-refractivity contribution in [1.29, 1.82) is 0 Å². The predicted molar refractivity (Wildman–Crippen MR) is 111 cm³/mol. The first-order valence-electron chi connectivity index (χ1n) is 10.4. The molecule has 0 spiro atoms. The Morgan fingerprint density at radius 3 is 2.48 bits per heavy atom. The van der Waals surface area contributed by atoms with Gasteiger partial charge in [0.1, 0.15) is 54.4 Å². The van der Waals surface area contributed by atoms with Gasteiger partial charge in [-0.25, -0.2) is 0 Å². The van der Waals surface area contributed by atoms with Crippen LogP contribution in [-0.2, 0) is 14.3 Å². The number of ether oxygens (including phenoxy) is 4. The molecule has 0 bridgehead atoms. The number of aliphatic hydroxyl groups is 3. The standard InChI is InChI=1S/C23H24O10/c1-11(24)30-10-19-20(27)21(28)22(29)23(33-19)31-14-5-2-12(3-6-14)17-9-16(26)15-7-4-13(25)8-18(15)32-17/h2-8,17,19-23,25,27-29H,9-10H2,1H3/t17-,19+,20-,21-,22+,23+/m0/s1. The number of phenols is 1. The molecule has 2 aliphatic rings. The van der Waals surface area contributed by atoms with Gasteiger partial charge in [0, 0.05) is 13.0 Å². The first kappa shape index (κ1) is 23.0. The molecule has 10 heteroatoms. The van der Waals surface area contributed by atoms with Crippen molar-refractivity contribution in [3.8, 4) is 17.2 Å². The van der Waals surface area contributed by atoms with Crippen LogP contribution in [0.4, 0.5) is 0 Å². The number of benzene rings is 2. The van der Waals surface area contributed by atoms with Crippen LogP contribution in [0.15, 0.2) is 42.5 Å². The molecule has 4 N–H and O–H groups in total. The van der Waals surface area contributed by atoms with E-state index in [1.807, 2.05) is 0 Å². The normalized spacial score (nSPS) is 29.0. The Bertz CT molecular complexity index is 1020. The molecular weight excluding hydrogens is 436 g/mol. The van der Waals surface area contributed by atoms with E-state index in [2.05, 4.69) is 0 Å². The van der Waals surface area contributed by atoms with Gasteiger partial charge in [-0.15, -0.1) is 0 Å². The molecule has 0 radical (unpaired) electrons. The number of hydrogen-bond acceptors (Lipinski definition) is 10. The summed E-state index contributed by atoms with van der Waals surface area (Å²) in [7, 11) is 0. The number of carbonyl (C=O) groups is 2. The number of aromatic hydroxyl groups is 1.